The molecule has 236 valence electrons. The largest absolute Gasteiger partial charge is 0.465 e. The molecule has 0 fully saturated rings. The molecule has 0 aliphatic heterocycles. The average molecular weight is 637 g/mol. The first-order chi connectivity index (χ1) is 19.9. The summed E-state index contributed by atoms with van der Waals surface area (Å²) in [5.74, 6) is -10.3. The van der Waals surface area contributed by atoms with E-state index in [9.17, 15) is 51.3 Å². The second kappa shape index (κ2) is 15.0. The van der Waals surface area contributed by atoms with Gasteiger partial charge in [-0.1, -0.05) is 67.9 Å². The van der Waals surface area contributed by atoms with E-state index in [0.717, 1.165) is 5.32 Å². The number of carboxylic acid groups (broad SMARTS) is 1. The molecule has 6 N–H and O–H groups in total. The Labute approximate surface area is 248 Å². The molecule has 0 radical (unpaired) electrons. The number of carbonyl (C=O) groups excluding carboxylic acids is 3. The van der Waals surface area contributed by atoms with E-state index in [4.69, 9.17) is 11.6 Å². The number of amides is 4. The molecule has 0 aliphatic rings. The number of benzene rings is 2. The van der Waals surface area contributed by atoms with Crippen molar-refractivity contribution in [2.45, 2.75) is 56.6 Å². The van der Waals surface area contributed by atoms with E-state index in [-0.39, 0.29) is 12.0 Å². The molecule has 0 aromatic heterocycles. The van der Waals surface area contributed by atoms with Gasteiger partial charge in [0.15, 0.2) is 0 Å². The average Bonchev–Trinajstić information content (AvgIpc) is 2.91. The second-order valence-electron chi connectivity index (χ2n) is 9.83. The smallest absolute Gasteiger partial charge is 0.405 e. The SMILES string of the molecule is CC(C)[C@H](NC(=O)[C@@H](NC(=O)[C@H](Cc1cccc(Cl)c1)NC(=O)O)c1ccccc1)C(O)C(F)(F)C(=O)NCC(F)(F)F. The molecule has 43 heavy (non-hydrogen) atoms. The Bertz CT molecular complexity index is 1280. The maximum Gasteiger partial charge on any atom is 0.405 e. The van der Waals surface area contributed by atoms with Crippen LogP contribution in [-0.2, 0) is 20.8 Å². The lowest BCUT2D eigenvalue weighted by Crippen LogP contribution is -2.61. The van der Waals surface area contributed by atoms with Crippen LogP contribution in [0.25, 0.3) is 0 Å². The second-order valence-corrected chi connectivity index (χ2v) is 10.3. The van der Waals surface area contributed by atoms with Crippen LogP contribution in [0.1, 0.15) is 31.0 Å². The minimum atomic E-state index is -5.00. The van der Waals surface area contributed by atoms with Crippen LogP contribution in [0.2, 0.25) is 5.02 Å². The summed E-state index contributed by atoms with van der Waals surface area (Å²) in [5.41, 5.74) is 0.605. The van der Waals surface area contributed by atoms with Gasteiger partial charge < -0.3 is 31.5 Å². The van der Waals surface area contributed by atoms with Gasteiger partial charge in [0, 0.05) is 11.4 Å². The molecule has 4 amide bonds. The van der Waals surface area contributed by atoms with Crippen molar-refractivity contribution in [2.75, 3.05) is 6.54 Å². The number of nitrogens with one attached hydrogen (secondary N) is 4. The molecule has 0 bridgehead atoms. The van der Waals surface area contributed by atoms with Crippen molar-refractivity contribution in [2.24, 2.45) is 5.92 Å². The summed E-state index contributed by atoms with van der Waals surface area (Å²) >= 11 is 5.97. The highest BCUT2D eigenvalue weighted by Gasteiger charge is 2.52. The minimum absolute atomic E-state index is 0.136. The zero-order valence-corrected chi connectivity index (χ0v) is 23.5. The lowest BCUT2D eigenvalue weighted by Gasteiger charge is -2.33. The summed E-state index contributed by atoms with van der Waals surface area (Å²) in [6.07, 6.45) is -9.71. The fourth-order valence-electron chi connectivity index (χ4n) is 3.96. The van der Waals surface area contributed by atoms with Crippen molar-refractivity contribution in [1.29, 1.82) is 0 Å². The molecule has 2 rings (SSSR count). The van der Waals surface area contributed by atoms with E-state index in [0.29, 0.717) is 10.6 Å². The molecule has 0 saturated heterocycles. The zero-order chi connectivity index (χ0) is 32.5. The van der Waals surface area contributed by atoms with Gasteiger partial charge in [-0.15, -0.1) is 0 Å². The van der Waals surface area contributed by atoms with Crippen LogP contribution in [0.3, 0.4) is 0 Å². The summed E-state index contributed by atoms with van der Waals surface area (Å²) in [5, 5.41) is 27.6. The summed E-state index contributed by atoms with van der Waals surface area (Å²) in [6.45, 7) is 0.521. The zero-order valence-electron chi connectivity index (χ0n) is 22.8. The Balaban J connectivity index is 2.34. The third kappa shape index (κ3) is 10.7. The monoisotopic (exact) mass is 636 g/mol. The van der Waals surface area contributed by atoms with Crippen molar-refractivity contribution in [3.05, 3.63) is 70.7 Å². The number of rotatable bonds is 13. The van der Waals surface area contributed by atoms with Gasteiger partial charge in [0.05, 0.1) is 6.04 Å². The van der Waals surface area contributed by atoms with Crippen LogP contribution in [0.15, 0.2) is 54.6 Å². The Morgan fingerprint density at radius 2 is 1.51 bits per heavy atom. The number of hydrogen-bond donors (Lipinski definition) is 6. The molecular formula is C27H30ClF5N4O6. The molecule has 0 saturated carbocycles. The van der Waals surface area contributed by atoms with Gasteiger partial charge in [-0.2, -0.15) is 22.0 Å². The number of aliphatic hydroxyl groups is 1. The molecule has 0 heterocycles. The van der Waals surface area contributed by atoms with Crippen molar-refractivity contribution >= 4 is 35.4 Å². The molecule has 2 aromatic rings. The molecular weight excluding hydrogens is 607 g/mol. The number of carbonyl (C=O) groups is 4. The first kappa shape index (κ1) is 35.2. The maximum atomic E-state index is 14.7. The molecule has 0 spiro atoms. The molecule has 16 heteroatoms. The summed E-state index contributed by atoms with van der Waals surface area (Å²) < 4.78 is 66.7. The van der Waals surface area contributed by atoms with Crippen LogP contribution in [-0.4, -0.2) is 70.9 Å². The van der Waals surface area contributed by atoms with Crippen LogP contribution in [0.5, 0.6) is 0 Å². The standard InChI is InChI=1S/C27H30ClF5N4O6/c1-14(2)19(21(38)27(32,33)24(41)34-13-26(29,30)31)36-23(40)20(16-8-4-3-5-9-16)37-22(39)18(35-25(42)43)12-15-7-6-10-17(28)11-15/h3-11,14,18-21,35,38H,12-13H2,1-2H3,(H,34,41)(H,36,40)(H,37,39)(H,42,43)/t18-,19-,20-,21?/m0/s1. The quantitative estimate of drug-likeness (QED) is 0.186. The molecule has 4 atom stereocenters. The van der Waals surface area contributed by atoms with Gasteiger partial charge in [0.2, 0.25) is 11.8 Å². The van der Waals surface area contributed by atoms with Gasteiger partial charge in [0.25, 0.3) is 5.91 Å². The van der Waals surface area contributed by atoms with Crippen molar-refractivity contribution in [3.63, 3.8) is 0 Å². The van der Waals surface area contributed by atoms with Crippen molar-refractivity contribution in [3.8, 4) is 0 Å². The lowest BCUT2D eigenvalue weighted by atomic mass is 9.93. The Hall–Kier alpha value is -3.98. The fraction of sp³-hybridized carbons (Fsp3) is 0.407. The summed E-state index contributed by atoms with van der Waals surface area (Å²) in [6, 6.07) is 8.63. The molecule has 1 unspecified atom stereocenters. The van der Waals surface area contributed by atoms with Gasteiger partial charge in [-0.25, -0.2) is 4.79 Å². The van der Waals surface area contributed by atoms with E-state index >= 15 is 0 Å². The first-order valence-corrected chi connectivity index (χ1v) is 13.1. The highest BCUT2D eigenvalue weighted by Crippen LogP contribution is 2.26. The highest BCUT2D eigenvalue weighted by molar-refractivity contribution is 6.30. The van der Waals surface area contributed by atoms with Gasteiger partial charge >= 0.3 is 18.2 Å². The highest BCUT2D eigenvalue weighted by atomic mass is 35.5. The van der Waals surface area contributed by atoms with Crippen LogP contribution in [0, 0.1) is 5.92 Å². The predicted molar refractivity (Wildman–Crippen MR) is 144 cm³/mol. The number of aliphatic hydroxyl groups excluding tert-OH is 1. The first-order valence-electron chi connectivity index (χ1n) is 12.7. The molecule has 0 aliphatic carbocycles. The topological polar surface area (TPSA) is 157 Å². The van der Waals surface area contributed by atoms with Crippen molar-refractivity contribution in [1.82, 2.24) is 21.3 Å². The van der Waals surface area contributed by atoms with Gasteiger partial charge in [-0.05, 0) is 29.2 Å². The van der Waals surface area contributed by atoms with E-state index in [1.165, 1.54) is 44.2 Å². The maximum absolute atomic E-state index is 14.7. The third-order valence-corrected chi connectivity index (χ3v) is 6.35. The predicted octanol–water partition coefficient (Wildman–Crippen LogP) is 3.19. The van der Waals surface area contributed by atoms with Crippen molar-refractivity contribution < 1.29 is 51.3 Å². The van der Waals surface area contributed by atoms with Crippen LogP contribution in [0.4, 0.5) is 26.7 Å². The number of alkyl halides is 5. The molecule has 2 aromatic carbocycles. The Morgan fingerprint density at radius 3 is 2.05 bits per heavy atom. The summed E-state index contributed by atoms with van der Waals surface area (Å²) in [4.78, 5) is 49.9. The summed E-state index contributed by atoms with van der Waals surface area (Å²) in [7, 11) is 0. The minimum Gasteiger partial charge on any atom is -0.465 e. The van der Waals surface area contributed by atoms with Crippen LogP contribution >= 0.6 is 11.6 Å². The van der Waals surface area contributed by atoms with E-state index < -0.39 is 72.6 Å². The Morgan fingerprint density at radius 1 is 0.884 bits per heavy atom. The van der Waals surface area contributed by atoms with Crippen LogP contribution < -0.4 is 21.3 Å². The lowest BCUT2D eigenvalue weighted by molar-refractivity contribution is -0.175. The van der Waals surface area contributed by atoms with Gasteiger partial charge in [-0.3, -0.25) is 14.4 Å². The normalized spacial score (nSPS) is 14.7. The molecule has 10 nitrogen and oxygen atoms in total. The van der Waals surface area contributed by atoms with E-state index in [2.05, 4.69) is 10.6 Å². The fourth-order valence-corrected chi connectivity index (χ4v) is 4.18. The Kier molecular flexibility index (Phi) is 12.3. The van der Waals surface area contributed by atoms with E-state index in [1.54, 1.807) is 24.3 Å². The van der Waals surface area contributed by atoms with E-state index in [1.807, 2.05) is 5.32 Å². The third-order valence-electron chi connectivity index (χ3n) is 6.12. The van der Waals surface area contributed by atoms with Gasteiger partial charge in [0.1, 0.15) is 24.7 Å². The number of halogens is 6. The number of hydrogen-bond acceptors (Lipinski definition) is 5.